The van der Waals surface area contributed by atoms with Gasteiger partial charge in [-0.05, 0) is 23.8 Å². The fraction of sp³-hybridized carbons (Fsp3) is 0.0526. The number of alkyl halides is 2. The molecule has 2 N–H and O–H groups in total. The van der Waals surface area contributed by atoms with Crippen LogP contribution in [0.2, 0.25) is 0 Å². The number of fused-ring (bicyclic) bond motifs is 1. The second-order valence-electron chi connectivity index (χ2n) is 5.87. The van der Waals surface area contributed by atoms with Crippen molar-refractivity contribution >= 4 is 44.5 Å². The fourth-order valence-electron chi connectivity index (χ4n) is 2.93. The van der Waals surface area contributed by atoms with Crippen molar-refractivity contribution in [3.63, 3.8) is 0 Å². The summed E-state index contributed by atoms with van der Waals surface area (Å²) in [5.74, 6) is -0.268. The monoisotopic (exact) mass is 430 g/mol. The molecule has 0 spiro atoms. The van der Waals surface area contributed by atoms with Crippen molar-refractivity contribution in [2.24, 2.45) is 0 Å². The first kappa shape index (κ1) is 17.4. The van der Waals surface area contributed by atoms with Gasteiger partial charge in [0.1, 0.15) is 0 Å². The third-order valence-corrected chi connectivity index (χ3v) is 4.60. The average molecular weight is 431 g/mol. The van der Waals surface area contributed by atoms with Crippen molar-refractivity contribution in [3.05, 3.63) is 76.5 Å². The third kappa shape index (κ3) is 3.35. The Bertz CT molecular complexity index is 1050. The number of amides is 1. The first-order chi connectivity index (χ1) is 13.0. The Morgan fingerprint density at radius 1 is 1.19 bits per heavy atom. The molecular weight excluding hydrogens is 418 g/mol. The molecular formula is C19H13BrF2N4O. The lowest BCUT2D eigenvalue weighted by Gasteiger charge is -2.13. The molecule has 1 aromatic heterocycles. The van der Waals surface area contributed by atoms with Crippen LogP contribution in [0.4, 0.5) is 20.2 Å². The van der Waals surface area contributed by atoms with Gasteiger partial charge in [-0.3, -0.25) is 4.79 Å². The molecule has 1 aliphatic heterocycles. The van der Waals surface area contributed by atoms with E-state index in [0.717, 1.165) is 15.6 Å². The summed E-state index contributed by atoms with van der Waals surface area (Å²) in [5.41, 5.74) is 3.47. The van der Waals surface area contributed by atoms with Crippen LogP contribution >= 0.6 is 15.9 Å². The average Bonchev–Trinajstić information content (AvgIpc) is 3.24. The fourth-order valence-corrected chi connectivity index (χ4v) is 3.29. The van der Waals surface area contributed by atoms with Gasteiger partial charge < -0.3 is 10.6 Å². The maximum atomic E-state index is 12.8. The molecule has 0 saturated carbocycles. The van der Waals surface area contributed by atoms with Gasteiger partial charge in [-0.1, -0.05) is 46.3 Å². The summed E-state index contributed by atoms with van der Waals surface area (Å²) in [6.07, 6.45) is 2.49. The first-order valence-corrected chi connectivity index (χ1v) is 8.82. The number of carbonyl (C=O) groups is 1. The van der Waals surface area contributed by atoms with E-state index in [1.54, 1.807) is 0 Å². The second kappa shape index (κ2) is 6.96. The number of carbonyl (C=O) groups excluding carboxylic acids is 1. The zero-order chi connectivity index (χ0) is 19.0. The molecule has 0 radical (unpaired) electrons. The molecule has 0 bridgehead atoms. The molecule has 8 heteroatoms. The van der Waals surface area contributed by atoms with Crippen LogP contribution in [-0.2, 0) is 4.79 Å². The van der Waals surface area contributed by atoms with Crippen LogP contribution < -0.4 is 10.6 Å². The Balaban J connectivity index is 1.87. The normalized spacial score (nSPS) is 14.9. The Hall–Kier alpha value is -3.00. The first-order valence-electron chi connectivity index (χ1n) is 8.03. The van der Waals surface area contributed by atoms with Gasteiger partial charge in [0.25, 0.3) is 5.91 Å². The Labute approximate surface area is 161 Å². The maximum absolute atomic E-state index is 12.8. The van der Waals surface area contributed by atoms with E-state index >= 15 is 0 Å². The van der Waals surface area contributed by atoms with Crippen LogP contribution in [-0.4, -0.2) is 15.7 Å². The Kier molecular flexibility index (Phi) is 4.49. The largest absolute Gasteiger partial charge is 0.352 e. The lowest BCUT2D eigenvalue weighted by atomic mass is 10.0. The molecule has 0 saturated heterocycles. The van der Waals surface area contributed by atoms with E-state index < -0.39 is 6.55 Å². The molecule has 1 aliphatic rings. The second-order valence-corrected chi connectivity index (χ2v) is 6.79. The van der Waals surface area contributed by atoms with E-state index in [1.807, 2.05) is 48.5 Å². The molecule has 0 unspecified atom stereocenters. The number of nitrogens with zero attached hydrogens (tertiary/aromatic N) is 2. The summed E-state index contributed by atoms with van der Waals surface area (Å²) >= 11 is 3.43. The van der Waals surface area contributed by atoms with Crippen LogP contribution in [0, 0.1) is 0 Å². The highest BCUT2D eigenvalue weighted by atomic mass is 79.9. The quantitative estimate of drug-likeness (QED) is 0.574. The van der Waals surface area contributed by atoms with Crippen LogP contribution in [0.3, 0.4) is 0 Å². The molecule has 2 aromatic carbocycles. The van der Waals surface area contributed by atoms with Crippen molar-refractivity contribution < 1.29 is 13.6 Å². The Morgan fingerprint density at radius 2 is 1.96 bits per heavy atom. The number of halogens is 3. The SMILES string of the molecule is O=C1Nc2ccc(Br)cc2/C1=C(/Nc1cnn(C(F)F)c1)c1ccccc1. The zero-order valence-electron chi connectivity index (χ0n) is 13.8. The lowest BCUT2D eigenvalue weighted by molar-refractivity contribution is -0.110. The van der Waals surface area contributed by atoms with Gasteiger partial charge in [0, 0.05) is 15.7 Å². The Morgan fingerprint density at radius 3 is 2.67 bits per heavy atom. The minimum absolute atomic E-state index is 0.268. The molecule has 4 rings (SSSR count). The predicted octanol–water partition coefficient (Wildman–Crippen LogP) is 4.97. The summed E-state index contributed by atoms with van der Waals surface area (Å²) in [5, 5.41) is 9.57. The van der Waals surface area contributed by atoms with E-state index in [1.165, 1.54) is 12.4 Å². The van der Waals surface area contributed by atoms with Crippen LogP contribution in [0.1, 0.15) is 17.7 Å². The van der Waals surface area contributed by atoms with Crippen molar-refractivity contribution in [3.8, 4) is 0 Å². The van der Waals surface area contributed by atoms with Gasteiger partial charge in [0.2, 0.25) is 0 Å². The van der Waals surface area contributed by atoms with E-state index in [2.05, 4.69) is 31.7 Å². The molecule has 136 valence electrons. The summed E-state index contributed by atoms with van der Waals surface area (Å²) < 4.78 is 27.1. The predicted molar refractivity (Wildman–Crippen MR) is 103 cm³/mol. The highest BCUT2D eigenvalue weighted by molar-refractivity contribution is 9.10. The molecule has 5 nitrogen and oxygen atoms in total. The molecule has 2 heterocycles. The van der Waals surface area contributed by atoms with Gasteiger partial charge in [-0.2, -0.15) is 13.9 Å². The number of hydrogen-bond donors (Lipinski definition) is 2. The smallest absolute Gasteiger partial charge is 0.333 e. The van der Waals surface area contributed by atoms with Crippen LogP contribution in [0.5, 0.6) is 0 Å². The van der Waals surface area contributed by atoms with Crippen molar-refractivity contribution in [2.45, 2.75) is 6.55 Å². The minimum Gasteiger partial charge on any atom is -0.352 e. The summed E-state index contributed by atoms with van der Waals surface area (Å²) in [6.45, 7) is -2.74. The van der Waals surface area contributed by atoms with Gasteiger partial charge in [0.05, 0.1) is 29.4 Å². The molecule has 3 aromatic rings. The van der Waals surface area contributed by atoms with Crippen molar-refractivity contribution in [1.82, 2.24) is 9.78 Å². The topological polar surface area (TPSA) is 59.0 Å². The highest BCUT2D eigenvalue weighted by Gasteiger charge is 2.28. The van der Waals surface area contributed by atoms with E-state index in [-0.39, 0.29) is 5.91 Å². The van der Waals surface area contributed by atoms with Gasteiger partial charge in [-0.15, -0.1) is 0 Å². The number of anilines is 2. The standard InChI is InChI=1S/C19H13BrF2N4O/c20-12-6-7-15-14(8-12)16(18(27)25-15)17(11-4-2-1-3-5-11)24-13-9-23-26(10-13)19(21)22/h1-10,19,24H,(H,25,27)/b17-16-. The zero-order valence-corrected chi connectivity index (χ0v) is 15.4. The third-order valence-electron chi connectivity index (χ3n) is 4.11. The minimum atomic E-state index is -2.74. The summed E-state index contributed by atoms with van der Waals surface area (Å²) in [7, 11) is 0. The molecule has 27 heavy (non-hydrogen) atoms. The molecule has 0 atom stereocenters. The van der Waals surface area contributed by atoms with Crippen molar-refractivity contribution in [1.29, 1.82) is 0 Å². The van der Waals surface area contributed by atoms with E-state index in [9.17, 15) is 13.6 Å². The number of nitrogens with one attached hydrogen (secondary N) is 2. The summed E-state index contributed by atoms with van der Waals surface area (Å²) in [4.78, 5) is 12.7. The molecule has 0 fully saturated rings. The van der Waals surface area contributed by atoms with Gasteiger partial charge >= 0.3 is 6.55 Å². The maximum Gasteiger partial charge on any atom is 0.333 e. The lowest BCUT2D eigenvalue weighted by Crippen LogP contribution is -2.10. The number of aromatic nitrogens is 2. The highest BCUT2D eigenvalue weighted by Crippen LogP contribution is 2.38. The van der Waals surface area contributed by atoms with Crippen LogP contribution in [0.25, 0.3) is 11.3 Å². The van der Waals surface area contributed by atoms with Crippen LogP contribution in [0.15, 0.2) is 65.4 Å². The van der Waals surface area contributed by atoms with E-state index in [0.29, 0.717) is 27.3 Å². The van der Waals surface area contributed by atoms with E-state index in [4.69, 9.17) is 0 Å². The van der Waals surface area contributed by atoms with Gasteiger partial charge in [-0.25, -0.2) is 4.68 Å². The number of benzene rings is 2. The summed E-state index contributed by atoms with van der Waals surface area (Å²) in [6, 6.07) is 14.7. The number of rotatable bonds is 4. The molecule has 0 aliphatic carbocycles. The van der Waals surface area contributed by atoms with Gasteiger partial charge in [0.15, 0.2) is 0 Å². The number of hydrogen-bond acceptors (Lipinski definition) is 3. The molecule has 1 amide bonds. The van der Waals surface area contributed by atoms with Crippen molar-refractivity contribution in [2.75, 3.05) is 10.6 Å².